The lowest BCUT2D eigenvalue weighted by molar-refractivity contribution is 0.141. The highest BCUT2D eigenvalue weighted by Gasteiger charge is 2.25. The van der Waals surface area contributed by atoms with Crippen molar-refractivity contribution in [1.82, 2.24) is 15.2 Å². The average Bonchev–Trinajstić information content (AvgIpc) is 2.62. The number of aromatic nitrogens is 1. The second-order valence-corrected chi connectivity index (χ2v) is 7.71. The molecule has 3 nitrogen and oxygen atoms in total. The van der Waals surface area contributed by atoms with Crippen LogP contribution in [0, 0.1) is 5.92 Å². The fraction of sp³-hybridized carbons (Fsp3) is 0.450. The fourth-order valence-corrected chi connectivity index (χ4v) is 4.13. The smallest absolute Gasteiger partial charge is 0.0543 e. The number of likely N-dealkylation sites (tertiary alicyclic amines) is 1. The van der Waals surface area contributed by atoms with Gasteiger partial charge in [-0.3, -0.25) is 9.88 Å². The molecule has 2 heterocycles. The Kier molecular flexibility index (Phi) is 6.70. The molecule has 0 bridgehead atoms. The summed E-state index contributed by atoms with van der Waals surface area (Å²) in [6.45, 7) is 6.73. The van der Waals surface area contributed by atoms with Crippen molar-refractivity contribution in [2.75, 3.05) is 25.4 Å². The number of thioether (sulfide) groups is 1. The molecule has 2 aromatic rings. The highest BCUT2D eigenvalue weighted by atomic mass is 32.2. The van der Waals surface area contributed by atoms with E-state index in [1.165, 1.54) is 17.0 Å². The number of hydrogen-bond acceptors (Lipinski definition) is 4. The van der Waals surface area contributed by atoms with Crippen LogP contribution < -0.4 is 5.32 Å². The van der Waals surface area contributed by atoms with Crippen LogP contribution in [-0.2, 0) is 6.54 Å². The summed E-state index contributed by atoms with van der Waals surface area (Å²) >= 11 is 1.93. The van der Waals surface area contributed by atoms with Crippen LogP contribution in [0.15, 0.2) is 59.6 Å². The molecule has 0 aliphatic carbocycles. The molecule has 1 N–H and O–H groups in total. The van der Waals surface area contributed by atoms with Crippen LogP contribution in [0.4, 0.5) is 0 Å². The zero-order chi connectivity index (χ0) is 16.6. The lowest BCUT2D eigenvalue weighted by Crippen LogP contribution is -2.48. The van der Waals surface area contributed by atoms with E-state index < -0.39 is 0 Å². The Morgan fingerprint density at radius 1 is 1.17 bits per heavy atom. The van der Waals surface area contributed by atoms with Crippen LogP contribution in [0.25, 0.3) is 0 Å². The molecule has 24 heavy (non-hydrogen) atoms. The zero-order valence-corrected chi connectivity index (χ0v) is 15.2. The van der Waals surface area contributed by atoms with Gasteiger partial charge in [0, 0.05) is 49.1 Å². The van der Waals surface area contributed by atoms with Gasteiger partial charge in [0.25, 0.3) is 0 Å². The Balaban J connectivity index is 1.36. The molecule has 1 aromatic heterocycles. The molecule has 1 aliphatic rings. The number of benzene rings is 1. The molecular formula is C20H27N3S. The second kappa shape index (κ2) is 9.21. The maximum absolute atomic E-state index is 4.45. The third kappa shape index (κ3) is 5.33. The summed E-state index contributed by atoms with van der Waals surface area (Å²) < 4.78 is 0. The van der Waals surface area contributed by atoms with Gasteiger partial charge in [0.1, 0.15) is 0 Å². The molecule has 0 saturated carbocycles. The van der Waals surface area contributed by atoms with Crippen LogP contribution in [0.5, 0.6) is 0 Å². The number of piperidine rings is 1. The Morgan fingerprint density at radius 3 is 2.75 bits per heavy atom. The number of nitrogens with zero attached hydrogens (tertiary/aromatic N) is 2. The van der Waals surface area contributed by atoms with Crippen LogP contribution in [0.1, 0.15) is 19.0 Å². The van der Waals surface area contributed by atoms with E-state index in [9.17, 15) is 0 Å². The Bertz CT molecular complexity index is 588. The molecule has 3 rings (SSSR count). The van der Waals surface area contributed by atoms with Gasteiger partial charge in [-0.25, -0.2) is 0 Å². The summed E-state index contributed by atoms with van der Waals surface area (Å²) in [5.41, 5.74) is 1.18. The molecule has 128 valence electrons. The summed E-state index contributed by atoms with van der Waals surface area (Å²) in [6.07, 6.45) is 3.11. The number of nitrogens with one attached hydrogen (secondary N) is 1. The molecule has 0 spiro atoms. The summed E-state index contributed by atoms with van der Waals surface area (Å²) in [6, 6.07) is 17.5. The van der Waals surface area contributed by atoms with E-state index in [0.29, 0.717) is 12.0 Å². The summed E-state index contributed by atoms with van der Waals surface area (Å²) in [5, 5.41) is 3.76. The standard InChI is InChI=1S/C20H27N3S/c1-17-15-23(16-18-7-5-6-11-21-18)13-10-20(17)22-12-14-24-19-8-3-2-4-9-19/h2-9,11,17,20,22H,10,12-16H2,1H3. The number of pyridine rings is 1. The third-order valence-corrected chi connectivity index (χ3v) is 5.64. The molecule has 2 atom stereocenters. The normalized spacial score (nSPS) is 21.7. The van der Waals surface area contributed by atoms with Crippen molar-refractivity contribution in [3.63, 3.8) is 0 Å². The van der Waals surface area contributed by atoms with Crippen LogP contribution in [0.2, 0.25) is 0 Å². The van der Waals surface area contributed by atoms with Gasteiger partial charge < -0.3 is 5.32 Å². The lowest BCUT2D eigenvalue weighted by atomic mass is 9.93. The van der Waals surface area contributed by atoms with Gasteiger partial charge in [0.2, 0.25) is 0 Å². The van der Waals surface area contributed by atoms with Crippen molar-refractivity contribution in [1.29, 1.82) is 0 Å². The van der Waals surface area contributed by atoms with Crippen molar-refractivity contribution in [3.05, 3.63) is 60.4 Å². The fourth-order valence-electron chi connectivity index (χ4n) is 3.33. The first-order valence-electron chi connectivity index (χ1n) is 8.85. The van der Waals surface area contributed by atoms with E-state index >= 15 is 0 Å². The van der Waals surface area contributed by atoms with Gasteiger partial charge in [0.15, 0.2) is 0 Å². The molecule has 1 aromatic carbocycles. The first-order valence-corrected chi connectivity index (χ1v) is 9.83. The van der Waals surface area contributed by atoms with E-state index in [1.54, 1.807) is 0 Å². The minimum atomic E-state index is 0.640. The van der Waals surface area contributed by atoms with Crippen LogP contribution in [-0.4, -0.2) is 41.3 Å². The summed E-state index contributed by atoms with van der Waals surface area (Å²) in [5.74, 6) is 1.81. The maximum Gasteiger partial charge on any atom is 0.0543 e. The highest BCUT2D eigenvalue weighted by molar-refractivity contribution is 7.99. The van der Waals surface area contributed by atoms with Crippen molar-refractivity contribution in [3.8, 4) is 0 Å². The SMILES string of the molecule is CC1CN(Cc2ccccn2)CCC1NCCSc1ccccc1. The van der Waals surface area contributed by atoms with Crippen molar-refractivity contribution in [2.24, 2.45) is 5.92 Å². The van der Waals surface area contributed by atoms with Gasteiger partial charge in [-0.2, -0.15) is 0 Å². The predicted molar refractivity (Wildman–Crippen MR) is 102 cm³/mol. The van der Waals surface area contributed by atoms with Crippen molar-refractivity contribution in [2.45, 2.75) is 30.8 Å². The Labute approximate surface area is 149 Å². The molecule has 1 aliphatic heterocycles. The van der Waals surface area contributed by atoms with Gasteiger partial charge >= 0.3 is 0 Å². The minimum Gasteiger partial charge on any atom is -0.313 e. The molecule has 4 heteroatoms. The quantitative estimate of drug-likeness (QED) is 0.614. The Hall–Kier alpha value is -1.36. The van der Waals surface area contributed by atoms with E-state index in [2.05, 4.69) is 64.6 Å². The van der Waals surface area contributed by atoms with Gasteiger partial charge in [-0.15, -0.1) is 11.8 Å². The summed E-state index contributed by atoms with van der Waals surface area (Å²) in [4.78, 5) is 8.34. The van der Waals surface area contributed by atoms with Crippen molar-refractivity contribution < 1.29 is 0 Å². The highest BCUT2D eigenvalue weighted by Crippen LogP contribution is 2.19. The van der Waals surface area contributed by atoms with E-state index in [-0.39, 0.29) is 0 Å². The summed E-state index contributed by atoms with van der Waals surface area (Å²) in [7, 11) is 0. The van der Waals surface area contributed by atoms with Gasteiger partial charge in [0.05, 0.1) is 5.69 Å². The molecule has 1 fully saturated rings. The Morgan fingerprint density at radius 2 is 2.00 bits per heavy atom. The van der Waals surface area contributed by atoms with Crippen LogP contribution in [0.3, 0.4) is 0 Å². The van der Waals surface area contributed by atoms with Crippen LogP contribution >= 0.6 is 11.8 Å². The molecule has 0 amide bonds. The van der Waals surface area contributed by atoms with E-state index in [1.807, 2.05) is 24.0 Å². The largest absolute Gasteiger partial charge is 0.313 e. The average molecular weight is 342 g/mol. The first-order chi connectivity index (χ1) is 11.8. The topological polar surface area (TPSA) is 28.2 Å². The number of hydrogen-bond donors (Lipinski definition) is 1. The third-order valence-electron chi connectivity index (χ3n) is 4.62. The monoisotopic (exact) mass is 341 g/mol. The molecular weight excluding hydrogens is 314 g/mol. The first kappa shape index (κ1) is 17.5. The van der Waals surface area contributed by atoms with Crippen molar-refractivity contribution >= 4 is 11.8 Å². The molecule has 1 saturated heterocycles. The zero-order valence-electron chi connectivity index (χ0n) is 14.4. The van der Waals surface area contributed by atoms with Gasteiger partial charge in [-0.05, 0) is 36.6 Å². The molecule has 2 unspecified atom stereocenters. The minimum absolute atomic E-state index is 0.640. The van der Waals surface area contributed by atoms with Gasteiger partial charge in [-0.1, -0.05) is 31.2 Å². The van der Waals surface area contributed by atoms with E-state index in [0.717, 1.165) is 31.9 Å². The lowest BCUT2D eigenvalue weighted by Gasteiger charge is -2.37. The molecule has 0 radical (unpaired) electrons. The van der Waals surface area contributed by atoms with E-state index in [4.69, 9.17) is 0 Å². The predicted octanol–water partition coefficient (Wildman–Crippen LogP) is 3.67. The second-order valence-electron chi connectivity index (χ2n) is 6.54. The number of rotatable bonds is 7. The maximum atomic E-state index is 4.45.